The van der Waals surface area contributed by atoms with E-state index in [-0.39, 0.29) is 30.3 Å². The van der Waals surface area contributed by atoms with Crippen LogP contribution in [0.3, 0.4) is 0 Å². The van der Waals surface area contributed by atoms with Gasteiger partial charge in [-0.1, -0.05) is 6.42 Å². The van der Waals surface area contributed by atoms with E-state index < -0.39 is 10.0 Å². The molecule has 1 N–H and O–H groups in total. The molecule has 8 nitrogen and oxygen atoms in total. The summed E-state index contributed by atoms with van der Waals surface area (Å²) >= 11 is 0. The lowest BCUT2D eigenvalue weighted by molar-refractivity contribution is 0.0956. The van der Waals surface area contributed by atoms with E-state index in [1.807, 2.05) is 6.92 Å². The van der Waals surface area contributed by atoms with Crippen molar-refractivity contribution in [3.8, 4) is 11.8 Å². The van der Waals surface area contributed by atoms with Gasteiger partial charge in [0.15, 0.2) is 0 Å². The molecular weight excluding hydrogens is 380 g/mol. The van der Waals surface area contributed by atoms with Crippen LogP contribution >= 0.6 is 0 Å². The Morgan fingerprint density at radius 3 is 2.61 bits per heavy atom. The van der Waals surface area contributed by atoms with Crippen molar-refractivity contribution in [2.24, 2.45) is 0 Å². The Kier molecular flexibility index (Phi) is 6.58. The average molecular weight is 404 g/mol. The summed E-state index contributed by atoms with van der Waals surface area (Å²) in [7, 11) is -3.37. The largest absolute Gasteiger partial charge is 0.424 e. The number of carbonyl (C=O) groups excluding carboxylic acids is 1. The third kappa shape index (κ3) is 5.26. The molecule has 1 aromatic carbocycles. The molecule has 3 rings (SSSR count). The van der Waals surface area contributed by atoms with E-state index in [0.717, 1.165) is 19.3 Å². The third-order valence-corrected chi connectivity index (χ3v) is 6.59. The average Bonchev–Trinajstić information content (AvgIpc) is 2.69. The van der Waals surface area contributed by atoms with Crippen LogP contribution in [0.1, 0.15) is 36.5 Å². The van der Waals surface area contributed by atoms with Crippen LogP contribution < -0.4 is 10.1 Å². The number of hydrogen-bond donors (Lipinski definition) is 1. The number of nitrogens with zero attached hydrogens (tertiary/aromatic N) is 3. The van der Waals surface area contributed by atoms with Gasteiger partial charge in [-0.2, -0.15) is 4.31 Å². The summed E-state index contributed by atoms with van der Waals surface area (Å²) in [5, 5.41) is 2.67. The molecule has 0 bridgehead atoms. The van der Waals surface area contributed by atoms with Crippen molar-refractivity contribution in [2.45, 2.75) is 32.2 Å². The Morgan fingerprint density at radius 2 is 1.93 bits per heavy atom. The summed E-state index contributed by atoms with van der Waals surface area (Å²) in [5.41, 5.74) is 0.421. The molecule has 2 aromatic rings. The lowest BCUT2D eigenvalue weighted by atomic mass is 10.1. The van der Waals surface area contributed by atoms with Crippen LogP contribution in [0.25, 0.3) is 0 Å². The second-order valence-electron chi connectivity index (χ2n) is 6.69. The molecule has 0 saturated carbocycles. The van der Waals surface area contributed by atoms with Crippen LogP contribution in [0.5, 0.6) is 11.8 Å². The van der Waals surface area contributed by atoms with E-state index >= 15 is 0 Å². The highest BCUT2D eigenvalue weighted by Crippen LogP contribution is 2.20. The maximum absolute atomic E-state index is 12.5. The molecule has 1 fully saturated rings. The van der Waals surface area contributed by atoms with Gasteiger partial charge in [0.25, 0.3) is 5.91 Å². The molecule has 28 heavy (non-hydrogen) atoms. The number of aromatic nitrogens is 2. The Labute approximate surface area is 165 Å². The number of rotatable bonds is 7. The molecule has 1 aliphatic heterocycles. The monoisotopic (exact) mass is 404 g/mol. The van der Waals surface area contributed by atoms with Gasteiger partial charge in [-0.3, -0.25) is 4.79 Å². The number of carbonyl (C=O) groups is 1. The first-order chi connectivity index (χ1) is 13.5. The van der Waals surface area contributed by atoms with E-state index in [4.69, 9.17) is 4.74 Å². The molecule has 2 heterocycles. The first kappa shape index (κ1) is 20.2. The van der Waals surface area contributed by atoms with E-state index in [0.29, 0.717) is 17.9 Å². The maximum Gasteiger partial charge on any atom is 0.321 e. The van der Waals surface area contributed by atoms with Gasteiger partial charge in [0, 0.05) is 37.1 Å². The summed E-state index contributed by atoms with van der Waals surface area (Å²) in [5.74, 6) is 0.0733. The van der Waals surface area contributed by atoms with Gasteiger partial charge in [-0.05, 0) is 50.1 Å². The van der Waals surface area contributed by atoms with Crippen LogP contribution in [0, 0.1) is 0 Å². The standard InChI is InChI=1S/C19H24N4O4S/c1-15-5-2-3-13-23(15)28(25,26)14-12-20-18(24)16-6-8-17(9-7-16)27-19-21-10-4-11-22-19/h4,6-11,15H,2-3,5,12-14H2,1H3,(H,20,24)/t15-/m0/s1. The highest BCUT2D eigenvalue weighted by molar-refractivity contribution is 7.89. The summed E-state index contributed by atoms with van der Waals surface area (Å²) in [6, 6.07) is 8.41. The molecule has 1 saturated heterocycles. The minimum atomic E-state index is -3.37. The van der Waals surface area contributed by atoms with Crippen molar-refractivity contribution >= 4 is 15.9 Å². The zero-order valence-electron chi connectivity index (χ0n) is 15.7. The molecule has 0 aliphatic carbocycles. The topological polar surface area (TPSA) is 101 Å². The van der Waals surface area contributed by atoms with Crippen LogP contribution in [-0.2, 0) is 10.0 Å². The second-order valence-corrected chi connectivity index (χ2v) is 8.73. The molecule has 0 unspecified atom stereocenters. The van der Waals surface area contributed by atoms with Crippen LogP contribution in [0.4, 0.5) is 0 Å². The lowest BCUT2D eigenvalue weighted by Crippen LogP contribution is -2.45. The number of nitrogens with one attached hydrogen (secondary N) is 1. The number of amides is 1. The number of sulfonamides is 1. The van der Waals surface area contributed by atoms with Gasteiger partial charge in [-0.25, -0.2) is 18.4 Å². The Morgan fingerprint density at radius 1 is 1.21 bits per heavy atom. The molecular formula is C19H24N4O4S. The normalized spacial score (nSPS) is 17.8. The van der Waals surface area contributed by atoms with Crippen LogP contribution in [0.2, 0.25) is 0 Å². The Balaban J connectivity index is 1.50. The zero-order chi connectivity index (χ0) is 20.0. The van der Waals surface area contributed by atoms with E-state index in [2.05, 4.69) is 15.3 Å². The fourth-order valence-electron chi connectivity index (χ4n) is 3.12. The third-order valence-electron chi connectivity index (χ3n) is 4.61. The van der Waals surface area contributed by atoms with Gasteiger partial charge >= 0.3 is 6.01 Å². The van der Waals surface area contributed by atoms with Crippen molar-refractivity contribution in [3.05, 3.63) is 48.3 Å². The number of benzene rings is 1. The smallest absolute Gasteiger partial charge is 0.321 e. The molecule has 1 aliphatic rings. The quantitative estimate of drug-likeness (QED) is 0.759. The summed E-state index contributed by atoms with van der Waals surface area (Å²) in [4.78, 5) is 20.2. The summed E-state index contributed by atoms with van der Waals surface area (Å²) < 4.78 is 32.0. The second kappa shape index (κ2) is 9.11. The SMILES string of the molecule is C[C@H]1CCCCN1S(=O)(=O)CCNC(=O)c1ccc(Oc2ncccn2)cc1. The number of hydrogen-bond acceptors (Lipinski definition) is 6. The molecule has 1 aromatic heterocycles. The van der Waals surface area contributed by atoms with Crippen molar-refractivity contribution in [3.63, 3.8) is 0 Å². The van der Waals surface area contributed by atoms with Crippen molar-refractivity contribution in [2.75, 3.05) is 18.8 Å². The fraction of sp³-hybridized carbons (Fsp3) is 0.421. The Bertz CT molecular complexity index is 888. The van der Waals surface area contributed by atoms with Crippen molar-refractivity contribution in [1.29, 1.82) is 0 Å². The molecule has 0 spiro atoms. The zero-order valence-corrected chi connectivity index (χ0v) is 16.6. The predicted molar refractivity (Wildman–Crippen MR) is 105 cm³/mol. The first-order valence-electron chi connectivity index (χ1n) is 9.28. The van der Waals surface area contributed by atoms with Gasteiger partial charge in [-0.15, -0.1) is 0 Å². The minimum Gasteiger partial charge on any atom is -0.424 e. The molecule has 150 valence electrons. The van der Waals surface area contributed by atoms with Gasteiger partial charge in [0.1, 0.15) is 5.75 Å². The molecule has 9 heteroatoms. The van der Waals surface area contributed by atoms with Gasteiger partial charge in [0.2, 0.25) is 10.0 Å². The number of piperidine rings is 1. The van der Waals surface area contributed by atoms with Crippen LogP contribution in [-0.4, -0.2) is 53.5 Å². The van der Waals surface area contributed by atoms with E-state index in [1.54, 1.807) is 47.0 Å². The van der Waals surface area contributed by atoms with Crippen LogP contribution in [0.15, 0.2) is 42.7 Å². The molecule has 1 atom stereocenters. The van der Waals surface area contributed by atoms with Gasteiger partial charge in [0.05, 0.1) is 5.75 Å². The predicted octanol–water partition coefficient (Wildman–Crippen LogP) is 2.20. The molecule has 0 radical (unpaired) electrons. The minimum absolute atomic E-state index is 0.0237. The van der Waals surface area contributed by atoms with E-state index in [1.165, 1.54) is 0 Å². The van der Waals surface area contributed by atoms with E-state index in [9.17, 15) is 13.2 Å². The van der Waals surface area contributed by atoms with Crippen molar-refractivity contribution < 1.29 is 17.9 Å². The highest BCUT2D eigenvalue weighted by atomic mass is 32.2. The summed E-state index contributed by atoms with van der Waals surface area (Å²) in [6.07, 6.45) is 5.97. The first-order valence-corrected chi connectivity index (χ1v) is 10.9. The van der Waals surface area contributed by atoms with Gasteiger partial charge < -0.3 is 10.1 Å². The number of ether oxygens (including phenoxy) is 1. The Hall–Kier alpha value is -2.52. The fourth-order valence-corrected chi connectivity index (χ4v) is 4.77. The lowest BCUT2D eigenvalue weighted by Gasteiger charge is -2.32. The van der Waals surface area contributed by atoms with Crippen molar-refractivity contribution in [1.82, 2.24) is 19.6 Å². The molecule has 1 amide bonds. The summed E-state index contributed by atoms with van der Waals surface area (Å²) in [6.45, 7) is 2.56. The highest BCUT2D eigenvalue weighted by Gasteiger charge is 2.29. The maximum atomic E-state index is 12.5.